The average Bonchev–Trinajstić information content (AvgIpc) is 2.98. The largest absolute Gasteiger partial charge is 0.303 e. The average molecular weight is 447 g/mol. The van der Waals surface area contributed by atoms with Crippen molar-refractivity contribution in [1.82, 2.24) is 9.80 Å². The van der Waals surface area contributed by atoms with Crippen LogP contribution in [0.5, 0.6) is 0 Å². The van der Waals surface area contributed by atoms with Gasteiger partial charge in [0.25, 0.3) is 11.7 Å². The van der Waals surface area contributed by atoms with Crippen LogP contribution in [0.25, 0.3) is 0 Å². The van der Waals surface area contributed by atoms with Crippen LogP contribution < -0.4 is 4.90 Å². The normalized spacial score (nSPS) is 16.4. The number of fused-ring (bicyclic) bond motifs is 1. The highest BCUT2D eigenvalue weighted by Gasteiger charge is 2.36. The molecule has 0 N–H and O–H groups in total. The fraction of sp³-hybridized carbons (Fsp3) is 0.318. The molecule has 0 atom stereocenters. The third kappa shape index (κ3) is 5.00. The van der Waals surface area contributed by atoms with Crippen molar-refractivity contribution in [3.05, 3.63) is 65.2 Å². The number of halogens is 2. The number of ketones is 1. The Bertz CT molecular complexity index is 938. The van der Waals surface area contributed by atoms with Gasteiger partial charge in [-0.2, -0.15) is 5.26 Å². The van der Waals surface area contributed by atoms with Crippen LogP contribution in [-0.2, 0) is 11.3 Å². The fourth-order valence-corrected chi connectivity index (χ4v) is 3.85. The van der Waals surface area contributed by atoms with Crippen molar-refractivity contribution in [3.63, 3.8) is 0 Å². The number of nitriles is 1. The van der Waals surface area contributed by atoms with Crippen molar-refractivity contribution in [2.45, 2.75) is 6.54 Å². The first kappa shape index (κ1) is 23.8. The molecule has 0 spiro atoms. The van der Waals surface area contributed by atoms with Gasteiger partial charge in [-0.25, -0.2) is 0 Å². The molecule has 0 aromatic heterocycles. The molecule has 0 unspecified atom stereocenters. The van der Waals surface area contributed by atoms with Gasteiger partial charge in [0.2, 0.25) is 0 Å². The maximum atomic E-state index is 12.4. The lowest BCUT2D eigenvalue weighted by atomic mass is 10.1. The number of nitrogens with zero attached hydrogens (tertiary/aromatic N) is 4. The smallest absolute Gasteiger partial charge is 0.299 e. The Morgan fingerprint density at radius 2 is 1.53 bits per heavy atom. The number of benzene rings is 2. The Morgan fingerprint density at radius 1 is 0.867 bits per heavy atom. The van der Waals surface area contributed by atoms with E-state index in [0.29, 0.717) is 23.4 Å². The molecule has 4 rings (SSSR count). The van der Waals surface area contributed by atoms with Crippen LogP contribution in [0, 0.1) is 11.3 Å². The second-order valence-electron chi connectivity index (χ2n) is 7.23. The molecule has 2 aliphatic heterocycles. The summed E-state index contributed by atoms with van der Waals surface area (Å²) >= 11 is 0. The molecular weight excluding hydrogens is 423 g/mol. The van der Waals surface area contributed by atoms with Gasteiger partial charge in [0.05, 0.1) is 22.9 Å². The quantitative estimate of drug-likeness (QED) is 0.660. The molecule has 1 fully saturated rings. The number of carbonyl (C=O) groups excluding carboxylic acids is 2. The highest BCUT2D eigenvalue weighted by atomic mass is 35.5. The number of Topliss-reactive ketones (excluding diaryl/α,β-unsaturated/α-hetero) is 1. The topological polar surface area (TPSA) is 67.6 Å². The van der Waals surface area contributed by atoms with Gasteiger partial charge in [0.15, 0.2) is 0 Å². The first-order chi connectivity index (χ1) is 13.7. The van der Waals surface area contributed by atoms with Crippen LogP contribution in [0.4, 0.5) is 5.69 Å². The van der Waals surface area contributed by atoms with Gasteiger partial charge in [-0.05, 0) is 23.8 Å². The third-order valence-electron chi connectivity index (χ3n) is 5.45. The molecule has 158 valence electrons. The molecule has 0 saturated carbocycles. The summed E-state index contributed by atoms with van der Waals surface area (Å²) in [6.07, 6.45) is 0. The van der Waals surface area contributed by atoms with Gasteiger partial charge in [-0.3, -0.25) is 19.4 Å². The lowest BCUT2D eigenvalue weighted by molar-refractivity contribution is -0.114. The van der Waals surface area contributed by atoms with E-state index in [-0.39, 0.29) is 24.8 Å². The van der Waals surface area contributed by atoms with E-state index in [2.05, 4.69) is 34.1 Å². The molecule has 6 nitrogen and oxygen atoms in total. The molecule has 0 radical (unpaired) electrons. The number of hydrogen-bond acceptors (Lipinski definition) is 5. The Morgan fingerprint density at radius 3 is 2.20 bits per heavy atom. The van der Waals surface area contributed by atoms with Gasteiger partial charge in [-0.1, -0.05) is 30.3 Å². The predicted molar refractivity (Wildman–Crippen MR) is 120 cm³/mol. The van der Waals surface area contributed by atoms with Crippen LogP contribution in [-0.4, -0.2) is 60.8 Å². The molecular formula is C22H24Cl2N4O2. The highest BCUT2D eigenvalue weighted by Crippen LogP contribution is 2.29. The summed E-state index contributed by atoms with van der Waals surface area (Å²) in [4.78, 5) is 30.9. The summed E-state index contributed by atoms with van der Waals surface area (Å²) in [6.45, 7) is 6.06. The van der Waals surface area contributed by atoms with Gasteiger partial charge in [0.1, 0.15) is 0 Å². The third-order valence-corrected chi connectivity index (χ3v) is 5.45. The van der Waals surface area contributed by atoms with E-state index in [0.717, 1.165) is 39.3 Å². The first-order valence-corrected chi connectivity index (χ1v) is 9.54. The number of hydrogen-bond donors (Lipinski definition) is 0. The molecule has 2 heterocycles. The summed E-state index contributed by atoms with van der Waals surface area (Å²) < 4.78 is 0. The Hall–Kier alpha value is -2.43. The number of piperazine rings is 1. The zero-order valence-corrected chi connectivity index (χ0v) is 18.1. The highest BCUT2D eigenvalue weighted by molar-refractivity contribution is 6.52. The zero-order valence-electron chi connectivity index (χ0n) is 16.5. The van der Waals surface area contributed by atoms with Crippen molar-refractivity contribution in [3.8, 4) is 6.07 Å². The van der Waals surface area contributed by atoms with Crippen molar-refractivity contribution < 1.29 is 9.59 Å². The van der Waals surface area contributed by atoms with E-state index in [9.17, 15) is 9.59 Å². The van der Waals surface area contributed by atoms with Gasteiger partial charge in [0, 0.05) is 45.8 Å². The van der Waals surface area contributed by atoms with Gasteiger partial charge < -0.3 is 4.90 Å². The van der Waals surface area contributed by atoms with E-state index in [1.165, 1.54) is 11.6 Å². The van der Waals surface area contributed by atoms with Crippen LogP contribution in [0.15, 0.2) is 48.5 Å². The summed E-state index contributed by atoms with van der Waals surface area (Å²) in [7, 11) is 0. The maximum absolute atomic E-state index is 12.4. The van der Waals surface area contributed by atoms with Gasteiger partial charge >= 0.3 is 0 Å². The van der Waals surface area contributed by atoms with Crippen LogP contribution in [0.3, 0.4) is 0 Å². The second-order valence-corrected chi connectivity index (χ2v) is 7.23. The Labute approximate surface area is 188 Å². The van der Waals surface area contributed by atoms with E-state index in [1.54, 1.807) is 17.0 Å². The molecule has 2 aromatic carbocycles. The number of anilines is 1. The maximum Gasteiger partial charge on any atom is 0.299 e. The van der Waals surface area contributed by atoms with E-state index in [4.69, 9.17) is 5.26 Å². The predicted octanol–water partition coefficient (Wildman–Crippen LogP) is 2.75. The summed E-state index contributed by atoms with van der Waals surface area (Å²) in [5.74, 6) is -1.01. The van der Waals surface area contributed by atoms with Crippen LogP contribution in [0.2, 0.25) is 0 Å². The second kappa shape index (κ2) is 10.6. The van der Waals surface area contributed by atoms with Crippen molar-refractivity contribution in [2.24, 2.45) is 0 Å². The first-order valence-electron chi connectivity index (χ1n) is 9.54. The van der Waals surface area contributed by atoms with Crippen LogP contribution in [0.1, 0.15) is 21.5 Å². The summed E-state index contributed by atoms with van der Waals surface area (Å²) in [6, 6.07) is 17.4. The lowest BCUT2D eigenvalue weighted by Crippen LogP contribution is -2.48. The summed E-state index contributed by atoms with van der Waals surface area (Å²) in [5, 5.41) is 9.00. The molecule has 0 bridgehead atoms. The molecule has 30 heavy (non-hydrogen) atoms. The fourth-order valence-electron chi connectivity index (χ4n) is 3.85. The minimum Gasteiger partial charge on any atom is -0.303 e. The van der Waals surface area contributed by atoms with Crippen molar-refractivity contribution in [2.75, 3.05) is 44.2 Å². The number of rotatable bonds is 5. The molecule has 0 aliphatic carbocycles. The lowest BCUT2D eigenvalue weighted by Gasteiger charge is -2.35. The Kier molecular flexibility index (Phi) is 8.39. The number of amides is 1. The van der Waals surface area contributed by atoms with E-state index >= 15 is 0 Å². The van der Waals surface area contributed by atoms with E-state index in [1.807, 2.05) is 12.1 Å². The van der Waals surface area contributed by atoms with Crippen LogP contribution >= 0.6 is 24.8 Å². The Balaban J connectivity index is 0.00000160. The van der Waals surface area contributed by atoms with Crippen molar-refractivity contribution >= 4 is 42.2 Å². The molecule has 2 aliphatic rings. The molecule has 1 amide bonds. The van der Waals surface area contributed by atoms with E-state index < -0.39 is 11.7 Å². The minimum atomic E-state index is -0.514. The standard InChI is InChI=1S/C22H22N4O2.2ClH/c23-15-18-6-7-20-19(14-18)21(27)22(28)26(20)13-12-24-8-10-25(11-9-24)16-17-4-2-1-3-5-17;;/h1-7,14H,8-13,16H2;2*1H. The zero-order chi connectivity index (χ0) is 19.5. The SMILES string of the molecule is Cl.Cl.N#Cc1ccc2c(c1)C(=O)C(=O)N2CCN1CCN(Cc2ccccc2)CC1. The minimum absolute atomic E-state index is 0. The number of carbonyl (C=O) groups is 2. The monoisotopic (exact) mass is 446 g/mol. The summed E-state index contributed by atoms with van der Waals surface area (Å²) in [5.41, 5.74) is 2.69. The molecule has 2 aromatic rings. The molecule has 1 saturated heterocycles. The molecule has 8 heteroatoms. The van der Waals surface area contributed by atoms with Gasteiger partial charge in [-0.15, -0.1) is 24.8 Å². The van der Waals surface area contributed by atoms with Crippen molar-refractivity contribution in [1.29, 1.82) is 5.26 Å².